The van der Waals surface area contributed by atoms with Crippen LogP contribution in [0, 0.1) is 12.8 Å². The molecule has 25 heavy (non-hydrogen) atoms. The molecule has 7 nitrogen and oxygen atoms in total. The first-order chi connectivity index (χ1) is 11.8. The summed E-state index contributed by atoms with van der Waals surface area (Å²) >= 11 is 0. The van der Waals surface area contributed by atoms with Gasteiger partial charge in [-0.3, -0.25) is 9.69 Å². The van der Waals surface area contributed by atoms with Crippen LogP contribution in [0.15, 0.2) is 23.1 Å². The maximum absolute atomic E-state index is 12.3. The summed E-state index contributed by atoms with van der Waals surface area (Å²) in [5, 5.41) is 11.1. The Morgan fingerprint density at radius 1 is 1.32 bits per heavy atom. The molecule has 1 aromatic rings. The zero-order valence-corrected chi connectivity index (χ0v) is 15.7. The van der Waals surface area contributed by atoms with Crippen molar-refractivity contribution in [1.82, 2.24) is 10.2 Å². The van der Waals surface area contributed by atoms with Gasteiger partial charge in [-0.05, 0) is 76.5 Å². The Hall–Kier alpha value is -1.48. The lowest BCUT2D eigenvalue weighted by Gasteiger charge is -2.31. The molecule has 0 spiro atoms. The van der Waals surface area contributed by atoms with Crippen molar-refractivity contribution in [1.29, 1.82) is 0 Å². The van der Waals surface area contributed by atoms with E-state index in [0.717, 1.165) is 44.0 Å². The summed E-state index contributed by atoms with van der Waals surface area (Å²) in [6.07, 6.45) is 3.39. The Labute approximate surface area is 150 Å². The van der Waals surface area contributed by atoms with Crippen molar-refractivity contribution in [3.8, 4) is 0 Å². The number of carbonyl (C=O) groups excluding carboxylic acids is 1. The number of likely N-dealkylation sites (tertiary alicyclic amines) is 1. The molecule has 0 atom stereocenters. The number of anilines is 1. The number of nitrogens with two attached hydrogens (primary N) is 1. The molecule has 1 heterocycles. The van der Waals surface area contributed by atoms with Crippen LogP contribution in [-0.4, -0.2) is 52.5 Å². The average molecular weight is 369 g/mol. The van der Waals surface area contributed by atoms with E-state index in [9.17, 15) is 13.2 Å². The highest BCUT2D eigenvalue weighted by atomic mass is 32.2. The third-order valence-electron chi connectivity index (χ3n) is 4.69. The number of carbonyl (C=O) groups is 1. The van der Waals surface area contributed by atoms with Crippen molar-refractivity contribution in [2.75, 3.05) is 38.5 Å². The number of sulfonamides is 1. The fourth-order valence-electron chi connectivity index (χ4n) is 3.09. The van der Waals surface area contributed by atoms with Gasteiger partial charge in [0, 0.05) is 5.69 Å². The highest BCUT2D eigenvalue weighted by Gasteiger charge is 2.21. The Kier molecular flexibility index (Phi) is 6.95. The van der Waals surface area contributed by atoms with E-state index < -0.39 is 10.0 Å². The molecule has 1 amide bonds. The number of nitrogens with one attached hydrogen (secondary N) is 2. The second-order valence-corrected chi connectivity index (χ2v) is 8.24. The van der Waals surface area contributed by atoms with Gasteiger partial charge in [0.25, 0.3) is 0 Å². The Morgan fingerprint density at radius 2 is 2.00 bits per heavy atom. The predicted octanol–water partition coefficient (Wildman–Crippen LogP) is 0.902. The minimum atomic E-state index is -3.79. The van der Waals surface area contributed by atoms with Gasteiger partial charge in [0.15, 0.2) is 0 Å². The van der Waals surface area contributed by atoms with E-state index in [1.54, 1.807) is 6.07 Å². The molecule has 4 N–H and O–H groups in total. The van der Waals surface area contributed by atoms with Gasteiger partial charge < -0.3 is 10.6 Å². The SMILES string of the molecule is CNCCC1CCN(CC(=O)Nc2cc(S(N)(=O)=O)ccc2C)CC1. The molecule has 1 saturated heterocycles. The second-order valence-electron chi connectivity index (χ2n) is 6.68. The standard InChI is InChI=1S/C17H28N4O3S/c1-13-3-4-15(25(18,23)24)11-16(13)20-17(22)12-21-9-6-14(7-10-21)5-8-19-2/h3-4,11,14,19H,5-10,12H2,1-2H3,(H,20,22)(H2,18,23,24). The average Bonchev–Trinajstić information content (AvgIpc) is 2.55. The number of primary sulfonamides is 1. The second kappa shape index (κ2) is 8.75. The molecular weight excluding hydrogens is 340 g/mol. The minimum absolute atomic E-state index is 0.00116. The van der Waals surface area contributed by atoms with Crippen molar-refractivity contribution in [2.45, 2.75) is 31.1 Å². The number of piperidine rings is 1. The van der Waals surface area contributed by atoms with E-state index >= 15 is 0 Å². The van der Waals surface area contributed by atoms with Gasteiger partial charge >= 0.3 is 0 Å². The molecule has 0 aromatic heterocycles. The van der Waals surface area contributed by atoms with Crippen molar-refractivity contribution in [3.05, 3.63) is 23.8 Å². The van der Waals surface area contributed by atoms with E-state index in [1.165, 1.54) is 18.6 Å². The highest BCUT2D eigenvalue weighted by molar-refractivity contribution is 7.89. The summed E-state index contributed by atoms with van der Waals surface area (Å²) < 4.78 is 22.9. The molecule has 0 radical (unpaired) electrons. The largest absolute Gasteiger partial charge is 0.325 e. The zero-order valence-electron chi connectivity index (χ0n) is 14.9. The van der Waals surface area contributed by atoms with Crippen LogP contribution in [0.4, 0.5) is 5.69 Å². The molecule has 1 aliphatic heterocycles. The predicted molar refractivity (Wildman–Crippen MR) is 98.9 cm³/mol. The number of nitrogens with zero attached hydrogens (tertiary/aromatic N) is 1. The van der Waals surface area contributed by atoms with Crippen LogP contribution in [0.1, 0.15) is 24.8 Å². The van der Waals surface area contributed by atoms with Gasteiger partial charge in [-0.15, -0.1) is 0 Å². The molecular formula is C17H28N4O3S. The van der Waals surface area contributed by atoms with E-state index in [4.69, 9.17) is 5.14 Å². The maximum Gasteiger partial charge on any atom is 0.238 e. The smallest absolute Gasteiger partial charge is 0.238 e. The fraction of sp³-hybridized carbons (Fsp3) is 0.588. The third kappa shape index (κ3) is 6.07. The highest BCUT2D eigenvalue weighted by Crippen LogP contribution is 2.21. The minimum Gasteiger partial charge on any atom is -0.325 e. The number of rotatable bonds is 7. The molecule has 1 fully saturated rings. The number of hydrogen-bond donors (Lipinski definition) is 3. The molecule has 1 aromatic carbocycles. The molecule has 0 saturated carbocycles. The van der Waals surface area contributed by atoms with Crippen molar-refractivity contribution < 1.29 is 13.2 Å². The van der Waals surface area contributed by atoms with Gasteiger partial charge in [0.05, 0.1) is 11.4 Å². The maximum atomic E-state index is 12.3. The summed E-state index contributed by atoms with van der Waals surface area (Å²) in [6, 6.07) is 4.49. The number of benzene rings is 1. The summed E-state index contributed by atoms with van der Waals surface area (Å²) in [5.74, 6) is 0.587. The first kappa shape index (κ1) is 19.8. The molecule has 0 bridgehead atoms. The van der Waals surface area contributed by atoms with Crippen LogP contribution < -0.4 is 15.8 Å². The monoisotopic (exact) mass is 368 g/mol. The lowest BCUT2D eigenvalue weighted by Crippen LogP contribution is -2.39. The van der Waals surface area contributed by atoms with Crippen LogP contribution in [0.5, 0.6) is 0 Å². The van der Waals surface area contributed by atoms with Crippen molar-refractivity contribution in [3.63, 3.8) is 0 Å². The Balaban J connectivity index is 1.89. The van der Waals surface area contributed by atoms with Gasteiger partial charge in [-0.1, -0.05) is 6.07 Å². The van der Waals surface area contributed by atoms with E-state index in [1.807, 2.05) is 14.0 Å². The van der Waals surface area contributed by atoms with Gasteiger partial charge in [0.1, 0.15) is 0 Å². The van der Waals surface area contributed by atoms with Crippen molar-refractivity contribution in [2.24, 2.45) is 11.1 Å². The third-order valence-corrected chi connectivity index (χ3v) is 5.60. The summed E-state index contributed by atoms with van der Waals surface area (Å²) in [4.78, 5) is 14.4. The van der Waals surface area contributed by atoms with Crippen LogP contribution in [0.2, 0.25) is 0 Å². The van der Waals surface area contributed by atoms with E-state index in [2.05, 4.69) is 15.5 Å². The lowest BCUT2D eigenvalue weighted by molar-refractivity contribution is -0.117. The van der Waals surface area contributed by atoms with Crippen molar-refractivity contribution >= 4 is 21.6 Å². The Morgan fingerprint density at radius 3 is 2.60 bits per heavy atom. The molecule has 0 aliphatic carbocycles. The van der Waals surface area contributed by atoms with Gasteiger partial charge in [0.2, 0.25) is 15.9 Å². The lowest BCUT2D eigenvalue weighted by atomic mass is 9.93. The Bertz CT molecular complexity index is 698. The topological polar surface area (TPSA) is 105 Å². The number of hydrogen-bond acceptors (Lipinski definition) is 5. The summed E-state index contributed by atoms with van der Waals surface area (Å²) in [7, 11) is -1.82. The van der Waals surface area contributed by atoms with Crippen LogP contribution >= 0.6 is 0 Å². The molecule has 140 valence electrons. The summed E-state index contributed by atoms with van der Waals surface area (Å²) in [6.45, 7) is 4.99. The number of aryl methyl sites for hydroxylation is 1. The fourth-order valence-corrected chi connectivity index (χ4v) is 3.63. The van der Waals surface area contributed by atoms with Gasteiger partial charge in [-0.25, -0.2) is 13.6 Å². The quantitative estimate of drug-likeness (QED) is 0.663. The normalized spacial score (nSPS) is 16.8. The van der Waals surface area contributed by atoms with E-state index in [0.29, 0.717) is 12.2 Å². The molecule has 0 unspecified atom stereocenters. The van der Waals surface area contributed by atoms with E-state index in [-0.39, 0.29) is 10.8 Å². The van der Waals surface area contributed by atoms with Crippen LogP contribution in [0.25, 0.3) is 0 Å². The van der Waals surface area contributed by atoms with Crippen LogP contribution in [-0.2, 0) is 14.8 Å². The number of amides is 1. The molecule has 8 heteroatoms. The first-order valence-electron chi connectivity index (χ1n) is 8.60. The molecule has 2 rings (SSSR count). The van der Waals surface area contributed by atoms with Gasteiger partial charge in [-0.2, -0.15) is 0 Å². The van der Waals surface area contributed by atoms with Crippen LogP contribution in [0.3, 0.4) is 0 Å². The first-order valence-corrected chi connectivity index (χ1v) is 10.1. The summed E-state index contributed by atoms with van der Waals surface area (Å²) in [5.41, 5.74) is 1.28. The molecule has 1 aliphatic rings. The zero-order chi connectivity index (χ0) is 18.4.